The fourth-order valence-electron chi connectivity index (χ4n) is 1.30. The van der Waals surface area contributed by atoms with Crippen LogP contribution in [-0.2, 0) is 0 Å². The number of fused-ring (bicyclic) bond motifs is 1. The van der Waals surface area contributed by atoms with Crippen LogP contribution < -0.4 is 0 Å². The molecule has 0 unspecified atom stereocenters. The summed E-state index contributed by atoms with van der Waals surface area (Å²) in [5, 5.41) is 10.6. The standard InChI is InChI=1S/C8H7N3O2/c1-6-7-4-2-3-5-10(7)8(9-6)11(12)13/h2-5H,1H3. The second kappa shape index (κ2) is 2.55. The Bertz CT molecular complexity index is 475. The van der Waals surface area contributed by atoms with Crippen LogP contribution in [0.15, 0.2) is 24.4 Å². The van der Waals surface area contributed by atoms with E-state index in [-0.39, 0.29) is 5.95 Å². The SMILES string of the molecule is Cc1nc([N+](=O)[O-])n2ccccc12. The molecule has 0 amide bonds. The molecule has 0 aliphatic heterocycles. The van der Waals surface area contributed by atoms with E-state index in [1.54, 1.807) is 25.3 Å². The molecule has 5 nitrogen and oxygen atoms in total. The average molecular weight is 177 g/mol. The van der Waals surface area contributed by atoms with E-state index in [2.05, 4.69) is 4.98 Å². The van der Waals surface area contributed by atoms with Gasteiger partial charge in [-0.3, -0.25) is 0 Å². The molecular formula is C8H7N3O2. The van der Waals surface area contributed by atoms with E-state index in [4.69, 9.17) is 0 Å². The van der Waals surface area contributed by atoms with Crippen molar-refractivity contribution in [3.63, 3.8) is 0 Å². The number of aryl methyl sites for hydroxylation is 1. The topological polar surface area (TPSA) is 60.4 Å². The van der Waals surface area contributed by atoms with Crippen molar-refractivity contribution in [2.75, 3.05) is 0 Å². The van der Waals surface area contributed by atoms with Gasteiger partial charge < -0.3 is 10.1 Å². The van der Waals surface area contributed by atoms with E-state index in [9.17, 15) is 10.1 Å². The van der Waals surface area contributed by atoms with Crippen molar-refractivity contribution in [3.8, 4) is 0 Å². The minimum atomic E-state index is -0.486. The van der Waals surface area contributed by atoms with Crippen molar-refractivity contribution >= 4 is 11.5 Å². The summed E-state index contributed by atoms with van der Waals surface area (Å²) in [4.78, 5) is 13.9. The van der Waals surface area contributed by atoms with Crippen LogP contribution in [0, 0.1) is 17.0 Å². The number of hydrogen-bond acceptors (Lipinski definition) is 3. The lowest BCUT2D eigenvalue weighted by molar-refractivity contribution is -0.394. The van der Waals surface area contributed by atoms with Crippen LogP contribution in [0.4, 0.5) is 5.95 Å². The molecule has 0 spiro atoms. The molecule has 0 N–H and O–H groups in total. The molecule has 66 valence electrons. The highest BCUT2D eigenvalue weighted by Crippen LogP contribution is 2.16. The van der Waals surface area contributed by atoms with Gasteiger partial charge in [0.25, 0.3) is 0 Å². The minimum absolute atomic E-state index is 0.131. The Hall–Kier alpha value is -1.91. The summed E-state index contributed by atoms with van der Waals surface area (Å²) in [5.74, 6) is -0.131. The van der Waals surface area contributed by atoms with Gasteiger partial charge in [0.15, 0.2) is 5.69 Å². The lowest BCUT2D eigenvalue weighted by Gasteiger charge is -1.91. The molecule has 0 fully saturated rings. The Morgan fingerprint density at radius 1 is 1.54 bits per heavy atom. The first-order chi connectivity index (χ1) is 6.20. The van der Waals surface area contributed by atoms with E-state index in [0.29, 0.717) is 5.69 Å². The highest BCUT2D eigenvalue weighted by Gasteiger charge is 2.17. The fourth-order valence-corrected chi connectivity index (χ4v) is 1.30. The highest BCUT2D eigenvalue weighted by atomic mass is 16.6. The molecule has 13 heavy (non-hydrogen) atoms. The maximum absolute atomic E-state index is 10.6. The van der Waals surface area contributed by atoms with Crippen LogP contribution in [0.2, 0.25) is 0 Å². The first-order valence-corrected chi connectivity index (χ1v) is 3.78. The van der Waals surface area contributed by atoms with E-state index in [0.717, 1.165) is 5.52 Å². The van der Waals surface area contributed by atoms with Gasteiger partial charge in [-0.1, -0.05) is 11.1 Å². The molecule has 0 aliphatic rings. The first-order valence-electron chi connectivity index (χ1n) is 3.78. The normalized spacial score (nSPS) is 10.5. The van der Waals surface area contributed by atoms with Gasteiger partial charge in [-0.05, 0) is 24.0 Å². The summed E-state index contributed by atoms with van der Waals surface area (Å²) in [5.41, 5.74) is 1.45. The third kappa shape index (κ3) is 1.05. The van der Waals surface area contributed by atoms with E-state index < -0.39 is 4.92 Å². The maximum Gasteiger partial charge on any atom is 0.439 e. The van der Waals surface area contributed by atoms with Gasteiger partial charge >= 0.3 is 5.95 Å². The second-order valence-corrected chi connectivity index (χ2v) is 2.71. The molecule has 0 saturated carbocycles. The lowest BCUT2D eigenvalue weighted by Crippen LogP contribution is -1.94. The van der Waals surface area contributed by atoms with E-state index in [1.165, 1.54) is 4.40 Å². The molecule has 0 aliphatic carbocycles. The Morgan fingerprint density at radius 3 is 3.00 bits per heavy atom. The lowest BCUT2D eigenvalue weighted by atomic mass is 10.3. The summed E-state index contributed by atoms with van der Waals surface area (Å²) >= 11 is 0. The average Bonchev–Trinajstić information content (AvgIpc) is 2.45. The fraction of sp³-hybridized carbons (Fsp3) is 0.125. The maximum atomic E-state index is 10.6. The molecular weight excluding hydrogens is 170 g/mol. The zero-order chi connectivity index (χ0) is 9.42. The van der Waals surface area contributed by atoms with E-state index >= 15 is 0 Å². The van der Waals surface area contributed by atoms with Crippen LogP contribution in [-0.4, -0.2) is 14.3 Å². The van der Waals surface area contributed by atoms with Gasteiger partial charge in [-0.2, -0.15) is 4.40 Å². The van der Waals surface area contributed by atoms with Crippen molar-refractivity contribution in [1.29, 1.82) is 0 Å². The molecule has 2 aromatic rings. The van der Waals surface area contributed by atoms with Crippen molar-refractivity contribution in [2.24, 2.45) is 0 Å². The summed E-state index contributed by atoms with van der Waals surface area (Å²) in [7, 11) is 0. The number of nitrogens with zero attached hydrogens (tertiary/aromatic N) is 3. The predicted molar refractivity (Wildman–Crippen MR) is 46.6 cm³/mol. The van der Waals surface area contributed by atoms with Gasteiger partial charge in [0.05, 0.1) is 6.20 Å². The molecule has 2 rings (SSSR count). The highest BCUT2D eigenvalue weighted by molar-refractivity contribution is 5.54. The molecule has 0 radical (unpaired) electrons. The third-order valence-electron chi connectivity index (χ3n) is 1.88. The molecule has 2 aromatic heterocycles. The van der Waals surface area contributed by atoms with E-state index in [1.807, 2.05) is 6.07 Å². The zero-order valence-corrected chi connectivity index (χ0v) is 6.97. The third-order valence-corrected chi connectivity index (χ3v) is 1.88. The first kappa shape index (κ1) is 7.72. The van der Waals surface area contributed by atoms with Crippen molar-refractivity contribution in [1.82, 2.24) is 9.38 Å². The Labute approximate surface area is 73.8 Å². The van der Waals surface area contributed by atoms with Crippen LogP contribution in [0.1, 0.15) is 5.69 Å². The quantitative estimate of drug-likeness (QED) is 0.490. The Morgan fingerprint density at radius 2 is 2.31 bits per heavy atom. The minimum Gasteiger partial charge on any atom is -0.390 e. The molecule has 0 aromatic carbocycles. The van der Waals surface area contributed by atoms with Gasteiger partial charge in [0.2, 0.25) is 0 Å². The zero-order valence-electron chi connectivity index (χ0n) is 6.97. The van der Waals surface area contributed by atoms with Gasteiger partial charge in [-0.15, -0.1) is 0 Å². The van der Waals surface area contributed by atoms with Gasteiger partial charge in [0.1, 0.15) is 5.52 Å². The number of hydrogen-bond donors (Lipinski definition) is 0. The number of imidazole rings is 1. The predicted octanol–water partition coefficient (Wildman–Crippen LogP) is 1.55. The Balaban J connectivity index is 2.85. The van der Waals surface area contributed by atoms with Gasteiger partial charge in [-0.25, -0.2) is 0 Å². The number of pyridine rings is 1. The second-order valence-electron chi connectivity index (χ2n) is 2.71. The summed E-state index contributed by atoms with van der Waals surface area (Å²) in [6, 6.07) is 5.37. The summed E-state index contributed by atoms with van der Waals surface area (Å²) < 4.78 is 1.47. The smallest absolute Gasteiger partial charge is 0.390 e. The molecule has 5 heteroatoms. The van der Waals surface area contributed by atoms with Gasteiger partial charge in [0, 0.05) is 0 Å². The van der Waals surface area contributed by atoms with Crippen molar-refractivity contribution < 1.29 is 4.92 Å². The molecule has 0 atom stereocenters. The largest absolute Gasteiger partial charge is 0.439 e. The van der Waals surface area contributed by atoms with Crippen LogP contribution in [0.5, 0.6) is 0 Å². The number of rotatable bonds is 1. The monoisotopic (exact) mass is 177 g/mol. The van der Waals surface area contributed by atoms with Crippen LogP contribution in [0.25, 0.3) is 5.52 Å². The summed E-state index contributed by atoms with van der Waals surface area (Å²) in [6.07, 6.45) is 1.63. The molecule has 0 saturated heterocycles. The van der Waals surface area contributed by atoms with Crippen LogP contribution in [0.3, 0.4) is 0 Å². The molecule has 2 heterocycles. The number of aromatic nitrogens is 2. The van der Waals surface area contributed by atoms with Crippen molar-refractivity contribution in [2.45, 2.75) is 6.92 Å². The summed E-state index contributed by atoms with van der Waals surface area (Å²) in [6.45, 7) is 1.75. The molecule has 0 bridgehead atoms. The van der Waals surface area contributed by atoms with Crippen molar-refractivity contribution in [3.05, 3.63) is 40.2 Å². The number of nitro groups is 1. The Kier molecular flexibility index (Phi) is 1.51. The van der Waals surface area contributed by atoms with Crippen LogP contribution >= 0.6 is 0 Å².